The highest BCUT2D eigenvalue weighted by Crippen LogP contribution is 2.36. The van der Waals surface area contributed by atoms with Crippen LogP contribution in [0.3, 0.4) is 0 Å². The maximum Gasteiger partial charge on any atom is 0.196 e. The zero-order valence-electron chi connectivity index (χ0n) is 10.9. The molecule has 1 fully saturated rings. The van der Waals surface area contributed by atoms with Crippen LogP contribution in [0.15, 0.2) is 18.2 Å². The molecule has 2 rings (SSSR count). The minimum absolute atomic E-state index is 0.541. The van der Waals surface area contributed by atoms with E-state index in [-0.39, 0.29) is 0 Å². The minimum Gasteiger partial charge on any atom is -0.343 e. The maximum atomic E-state index is 5.89. The Hall–Kier alpha value is -0.900. The van der Waals surface area contributed by atoms with E-state index in [0.29, 0.717) is 13.2 Å². The van der Waals surface area contributed by atoms with E-state index in [4.69, 9.17) is 9.47 Å². The second-order valence-corrected chi connectivity index (χ2v) is 4.62. The quantitative estimate of drug-likeness (QED) is 0.867. The molecule has 0 spiro atoms. The lowest BCUT2D eigenvalue weighted by molar-refractivity contribution is -0.170. The zero-order valence-corrected chi connectivity index (χ0v) is 10.9. The fraction of sp³-hybridized carbons (Fsp3) is 0.571. The molecule has 0 saturated carbocycles. The highest BCUT2D eigenvalue weighted by Gasteiger charge is 2.38. The Labute approximate surface area is 103 Å². The number of hydrogen-bond acceptors (Lipinski definition) is 3. The predicted molar refractivity (Wildman–Crippen MR) is 68.0 cm³/mol. The van der Waals surface area contributed by atoms with Crippen molar-refractivity contribution in [2.24, 2.45) is 0 Å². The molecular formula is C14H21NO2. The van der Waals surface area contributed by atoms with Crippen LogP contribution >= 0.6 is 0 Å². The van der Waals surface area contributed by atoms with Gasteiger partial charge in [0.2, 0.25) is 0 Å². The van der Waals surface area contributed by atoms with Gasteiger partial charge in [0, 0.05) is 18.5 Å². The van der Waals surface area contributed by atoms with Gasteiger partial charge in [-0.15, -0.1) is 0 Å². The summed E-state index contributed by atoms with van der Waals surface area (Å²) in [6.07, 6.45) is 0.841. The van der Waals surface area contributed by atoms with Crippen LogP contribution in [-0.4, -0.2) is 26.8 Å². The molecule has 0 radical (unpaired) electrons. The van der Waals surface area contributed by atoms with Crippen LogP contribution in [0, 0.1) is 13.8 Å². The van der Waals surface area contributed by atoms with E-state index in [1.54, 1.807) is 0 Å². The average Bonchev–Trinajstić information content (AvgIpc) is 2.76. The number of benzene rings is 1. The van der Waals surface area contributed by atoms with Crippen molar-refractivity contribution in [1.29, 1.82) is 0 Å². The standard InChI is InChI=1S/C14H21NO2/c1-11-4-5-13(12(2)10-11)14(6-7-15-3)16-8-9-17-14/h4-5,10,15H,6-9H2,1-3H3. The monoisotopic (exact) mass is 235 g/mol. The summed E-state index contributed by atoms with van der Waals surface area (Å²) in [6, 6.07) is 6.43. The Morgan fingerprint density at radius 3 is 2.53 bits per heavy atom. The van der Waals surface area contributed by atoms with E-state index in [0.717, 1.165) is 18.5 Å². The SMILES string of the molecule is CNCCC1(c2ccc(C)cc2C)OCCO1. The van der Waals surface area contributed by atoms with Gasteiger partial charge >= 0.3 is 0 Å². The Morgan fingerprint density at radius 2 is 1.94 bits per heavy atom. The van der Waals surface area contributed by atoms with Crippen LogP contribution in [0.4, 0.5) is 0 Å². The number of nitrogens with one attached hydrogen (secondary N) is 1. The molecule has 1 heterocycles. The van der Waals surface area contributed by atoms with E-state index < -0.39 is 5.79 Å². The fourth-order valence-corrected chi connectivity index (χ4v) is 2.42. The van der Waals surface area contributed by atoms with Gasteiger partial charge < -0.3 is 14.8 Å². The van der Waals surface area contributed by atoms with Crippen molar-refractivity contribution >= 4 is 0 Å². The normalized spacial score (nSPS) is 18.5. The van der Waals surface area contributed by atoms with Gasteiger partial charge in [-0.3, -0.25) is 0 Å². The third-order valence-electron chi connectivity index (χ3n) is 3.25. The topological polar surface area (TPSA) is 30.5 Å². The van der Waals surface area contributed by atoms with Crippen molar-refractivity contribution in [2.45, 2.75) is 26.1 Å². The molecule has 1 aliphatic heterocycles. The number of rotatable bonds is 4. The summed E-state index contributed by atoms with van der Waals surface area (Å²) in [5, 5.41) is 3.16. The average molecular weight is 235 g/mol. The Bertz CT molecular complexity index is 384. The van der Waals surface area contributed by atoms with Crippen molar-refractivity contribution in [1.82, 2.24) is 5.32 Å². The van der Waals surface area contributed by atoms with E-state index in [9.17, 15) is 0 Å². The fourth-order valence-electron chi connectivity index (χ4n) is 2.42. The lowest BCUT2D eigenvalue weighted by atomic mass is 9.96. The van der Waals surface area contributed by atoms with Gasteiger partial charge in [0.05, 0.1) is 13.2 Å². The summed E-state index contributed by atoms with van der Waals surface area (Å²) in [7, 11) is 1.95. The molecule has 0 bridgehead atoms. The molecule has 0 atom stereocenters. The Morgan fingerprint density at radius 1 is 1.24 bits per heavy atom. The van der Waals surface area contributed by atoms with E-state index >= 15 is 0 Å². The summed E-state index contributed by atoms with van der Waals surface area (Å²) in [4.78, 5) is 0. The first-order valence-electron chi connectivity index (χ1n) is 6.18. The number of hydrogen-bond donors (Lipinski definition) is 1. The molecule has 3 nitrogen and oxygen atoms in total. The molecule has 0 unspecified atom stereocenters. The highest BCUT2D eigenvalue weighted by molar-refractivity contribution is 5.34. The molecule has 0 aliphatic carbocycles. The third kappa shape index (κ3) is 2.51. The van der Waals surface area contributed by atoms with Crippen LogP contribution in [-0.2, 0) is 15.3 Å². The molecule has 1 saturated heterocycles. The van der Waals surface area contributed by atoms with Crippen LogP contribution in [0.25, 0.3) is 0 Å². The van der Waals surface area contributed by atoms with E-state index in [1.165, 1.54) is 11.1 Å². The van der Waals surface area contributed by atoms with Crippen molar-refractivity contribution in [3.05, 3.63) is 34.9 Å². The summed E-state index contributed by atoms with van der Waals surface area (Å²) in [5.74, 6) is -0.541. The lowest BCUT2D eigenvalue weighted by Crippen LogP contribution is -2.32. The molecule has 17 heavy (non-hydrogen) atoms. The maximum absolute atomic E-state index is 5.89. The van der Waals surface area contributed by atoms with Crippen molar-refractivity contribution in [2.75, 3.05) is 26.8 Å². The molecule has 94 valence electrons. The first-order chi connectivity index (χ1) is 8.18. The summed E-state index contributed by atoms with van der Waals surface area (Å²) in [6.45, 7) is 6.46. The molecule has 1 aromatic rings. The molecular weight excluding hydrogens is 214 g/mol. The second-order valence-electron chi connectivity index (χ2n) is 4.62. The lowest BCUT2D eigenvalue weighted by Gasteiger charge is -2.29. The number of aryl methyl sites for hydroxylation is 2. The van der Waals surface area contributed by atoms with Crippen molar-refractivity contribution in [3.63, 3.8) is 0 Å². The molecule has 1 aliphatic rings. The third-order valence-corrected chi connectivity index (χ3v) is 3.25. The smallest absolute Gasteiger partial charge is 0.196 e. The Kier molecular flexibility index (Phi) is 3.82. The van der Waals surface area contributed by atoms with Gasteiger partial charge in [0.25, 0.3) is 0 Å². The molecule has 0 amide bonds. The van der Waals surface area contributed by atoms with Crippen molar-refractivity contribution < 1.29 is 9.47 Å². The summed E-state index contributed by atoms with van der Waals surface area (Å²) < 4.78 is 11.8. The predicted octanol–water partition coefficient (Wildman–Crippen LogP) is 2.11. The van der Waals surface area contributed by atoms with Gasteiger partial charge in [0.15, 0.2) is 5.79 Å². The molecule has 0 aromatic heterocycles. The van der Waals surface area contributed by atoms with E-state index in [2.05, 4.69) is 37.4 Å². The summed E-state index contributed by atoms with van der Waals surface area (Å²) in [5.41, 5.74) is 3.67. The van der Waals surface area contributed by atoms with E-state index in [1.807, 2.05) is 7.05 Å². The molecule has 1 N–H and O–H groups in total. The highest BCUT2D eigenvalue weighted by atomic mass is 16.7. The first-order valence-corrected chi connectivity index (χ1v) is 6.18. The largest absolute Gasteiger partial charge is 0.343 e. The summed E-state index contributed by atoms with van der Waals surface area (Å²) >= 11 is 0. The van der Waals surface area contributed by atoms with Gasteiger partial charge in [-0.25, -0.2) is 0 Å². The van der Waals surface area contributed by atoms with Crippen molar-refractivity contribution in [3.8, 4) is 0 Å². The van der Waals surface area contributed by atoms with Crippen LogP contribution in [0.5, 0.6) is 0 Å². The van der Waals surface area contributed by atoms with Crippen LogP contribution in [0.1, 0.15) is 23.1 Å². The second kappa shape index (κ2) is 5.17. The molecule has 3 heteroatoms. The van der Waals surface area contributed by atoms with Crippen LogP contribution in [0.2, 0.25) is 0 Å². The van der Waals surface area contributed by atoms with Crippen LogP contribution < -0.4 is 5.32 Å². The van der Waals surface area contributed by atoms with Gasteiger partial charge in [-0.2, -0.15) is 0 Å². The Balaban J connectivity index is 2.31. The first kappa shape index (κ1) is 12.6. The van der Waals surface area contributed by atoms with Gasteiger partial charge in [-0.05, 0) is 26.5 Å². The minimum atomic E-state index is -0.541. The molecule has 1 aromatic carbocycles. The van der Waals surface area contributed by atoms with Gasteiger partial charge in [-0.1, -0.05) is 23.8 Å². The van der Waals surface area contributed by atoms with Gasteiger partial charge in [0.1, 0.15) is 0 Å². The number of ether oxygens (including phenoxy) is 2. The zero-order chi connectivity index (χ0) is 12.3.